The van der Waals surface area contributed by atoms with E-state index in [1.165, 1.54) is 45.2 Å². The Bertz CT molecular complexity index is 683. The van der Waals surface area contributed by atoms with Gasteiger partial charge in [0.1, 0.15) is 0 Å². The van der Waals surface area contributed by atoms with Crippen LogP contribution in [0.15, 0.2) is 42.0 Å². The summed E-state index contributed by atoms with van der Waals surface area (Å²) in [4.78, 5) is 18.1. The Morgan fingerprint density at radius 3 is 2.80 bits per heavy atom. The van der Waals surface area contributed by atoms with Crippen LogP contribution in [0, 0.1) is 11.8 Å². The van der Waals surface area contributed by atoms with Crippen molar-refractivity contribution in [2.45, 2.75) is 50.6 Å². The summed E-state index contributed by atoms with van der Waals surface area (Å²) in [5, 5.41) is 0. The van der Waals surface area contributed by atoms with E-state index in [9.17, 15) is 4.79 Å². The lowest BCUT2D eigenvalue weighted by Gasteiger charge is -2.54. The van der Waals surface area contributed by atoms with Gasteiger partial charge >= 0.3 is 0 Å². The number of hydrogen-bond acceptors (Lipinski definition) is 2. The van der Waals surface area contributed by atoms with Crippen molar-refractivity contribution in [2.75, 3.05) is 19.6 Å². The molecule has 3 saturated heterocycles. The van der Waals surface area contributed by atoms with Gasteiger partial charge in [0.2, 0.25) is 0 Å². The van der Waals surface area contributed by atoms with E-state index in [-0.39, 0.29) is 5.91 Å². The minimum absolute atomic E-state index is 0.232. The molecule has 3 heteroatoms. The molecule has 0 unspecified atom stereocenters. The topological polar surface area (TPSA) is 23.6 Å². The van der Waals surface area contributed by atoms with Gasteiger partial charge in [-0.3, -0.25) is 9.69 Å². The molecule has 0 saturated carbocycles. The average molecular weight is 336 g/mol. The Morgan fingerprint density at radius 1 is 1.04 bits per heavy atom. The van der Waals surface area contributed by atoms with Gasteiger partial charge in [-0.05, 0) is 62.6 Å². The maximum absolute atomic E-state index is 13.2. The van der Waals surface area contributed by atoms with E-state index in [0.717, 1.165) is 30.5 Å². The molecular formula is C22H28N2O. The number of likely N-dealkylation sites (tertiary alicyclic amines) is 1. The molecule has 1 aromatic rings. The maximum atomic E-state index is 13.2. The van der Waals surface area contributed by atoms with Crippen LogP contribution in [0.4, 0.5) is 0 Å². The van der Waals surface area contributed by atoms with Crippen LogP contribution in [-0.2, 0) is 0 Å². The number of rotatable bonds is 1. The largest absolute Gasteiger partial charge is 0.332 e. The van der Waals surface area contributed by atoms with E-state index in [4.69, 9.17) is 0 Å². The molecule has 132 valence electrons. The van der Waals surface area contributed by atoms with Crippen LogP contribution in [0.2, 0.25) is 0 Å². The first kappa shape index (κ1) is 15.6. The number of benzene rings is 1. The van der Waals surface area contributed by atoms with Crippen LogP contribution in [0.1, 0.15) is 48.9 Å². The van der Waals surface area contributed by atoms with Crippen molar-refractivity contribution >= 4 is 5.91 Å². The second-order valence-electron chi connectivity index (χ2n) is 8.37. The van der Waals surface area contributed by atoms with Gasteiger partial charge in [-0.2, -0.15) is 0 Å². The standard InChI is InChI=1S/C22H28N2O/c25-22(16-7-2-1-3-8-16)24-12-6-9-17-13-18-14-19(21(17)24)15-23-11-5-4-10-20(18)23/h1-3,7-8,13,18-21H,4-6,9-12,14-15H2/t18-,19+,20-,21+/m0/s1. The lowest BCUT2D eigenvalue weighted by atomic mass is 9.68. The summed E-state index contributed by atoms with van der Waals surface area (Å²) < 4.78 is 0. The number of piperidine rings is 3. The lowest BCUT2D eigenvalue weighted by Crippen LogP contribution is -2.60. The molecule has 1 amide bonds. The van der Waals surface area contributed by atoms with Crippen molar-refractivity contribution < 1.29 is 4.79 Å². The first-order valence-corrected chi connectivity index (χ1v) is 10.1. The first-order valence-electron chi connectivity index (χ1n) is 10.1. The molecule has 3 heterocycles. The summed E-state index contributed by atoms with van der Waals surface area (Å²) in [7, 11) is 0. The molecule has 2 bridgehead atoms. The highest BCUT2D eigenvalue weighted by molar-refractivity contribution is 5.94. The third kappa shape index (κ3) is 2.64. The highest BCUT2D eigenvalue weighted by Crippen LogP contribution is 2.45. The van der Waals surface area contributed by atoms with Crippen molar-refractivity contribution in [2.24, 2.45) is 11.8 Å². The van der Waals surface area contributed by atoms with Crippen LogP contribution in [0.5, 0.6) is 0 Å². The fourth-order valence-electron chi connectivity index (χ4n) is 5.95. The van der Waals surface area contributed by atoms with Crippen molar-refractivity contribution in [3.63, 3.8) is 0 Å². The summed E-state index contributed by atoms with van der Waals surface area (Å²) in [6.07, 6.45) is 10.3. The van der Waals surface area contributed by atoms with E-state index >= 15 is 0 Å². The zero-order valence-electron chi connectivity index (χ0n) is 14.9. The fraction of sp³-hybridized carbons (Fsp3) is 0.591. The molecule has 4 atom stereocenters. The molecule has 0 N–H and O–H groups in total. The molecule has 3 fully saturated rings. The third-order valence-corrected chi connectivity index (χ3v) is 6.94. The molecule has 3 aliphatic heterocycles. The van der Waals surface area contributed by atoms with Crippen molar-refractivity contribution in [3.05, 3.63) is 47.5 Å². The Morgan fingerprint density at radius 2 is 1.92 bits per heavy atom. The zero-order valence-corrected chi connectivity index (χ0v) is 14.9. The molecule has 0 aromatic heterocycles. The number of carbonyl (C=O) groups is 1. The smallest absolute Gasteiger partial charge is 0.254 e. The predicted octanol–water partition coefficient (Wildman–Crippen LogP) is 3.72. The van der Waals surface area contributed by atoms with Crippen LogP contribution >= 0.6 is 0 Å². The average Bonchev–Trinajstić information content (AvgIpc) is 2.68. The van der Waals surface area contributed by atoms with Gasteiger partial charge in [0.25, 0.3) is 5.91 Å². The normalized spacial score (nSPS) is 34.7. The van der Waals surface area contributed by atoms with E-state index in [1.807, 2.05) is 30.3 Å². The summed E-state index contributed by atoms with van der Waals surface area (Å²) in [6, 6.07) is 11.0. The number of nitrogens with zero attached hydrogens (tertiary/aromatic N) is 2. The summed E-state index contributed by atoms with van der Waals surface area (Å²) in [6.45, 7) is 3.38. The highest BCUT2D eigenvalue weighted by atomic mass is 16.2. The molecule has 0 spiro atoms. The Hall–Kier alpha value is -1.61. The monoisotopic (exact) mass is 336 g/mol. The first-order chi connectivity index (χ1) is 12.3. The van der Waals surface area contributed by atoms with Crippen molar-refractivity contribution in [1.82, 2.24) is 9.80 Å². The molecule has 1 aromatic carbocycles. The maximum Gasteiger partial charge on any atom is 0.254 e. The second-order valence-corrected chi connectivity index (χ2v) is 8.37. The van der Waals surface area contributed by atoms with Crippen LogP contribution in [-0.4, -0.2) is 47.4 Å². The van der Waals surface area contributed by atoms with Gasteiger partial charge in [-0.25, -0.2) is 0 Å². The minimum Gasteiger partial charge on any atom is -0.332 e. The summed E-state index contributed by atoms with van der Waals surface area (Å²) in [5.41, 5.74) is 2.42. The quantitative estimate of drug-likeness (QED) is 0.730. The van der Waals surface area contributed by atoms with Crippen LogP contribution < -0.4 is 0 Å². The zero-order chi connectivity index (χ0) is 16.8. The van der Waals surface area contributed by atoms with Gasteiger partial charge in [0, 0.05) is 24.7 Å². The number of amides is 1. The van der Waals surface area contributed by atoms with Gasteiger partial charge in [-0.1, -0.05) is 36.3 Å². The highest BCUT2D eigenvalue weighted by Gasteiger charge is 2.46. The number of carbonyl (C=O) groups excluding carboxylic acids is 1. The van der Waals surface area contributed by atoms with Gasteiger partial charge in [0.05, 0.1) is 6.04 Å². The Kier molecular flexibility index (Phi) is 3.93. The van der Waals surface area contributed by atoms with Crippen LogP contribution in [0.3, 0.4) is 0 Å². The minimum atomic E-state index is 0.232. The number of hydrogen-bond donors (Lipinski definition) is 0. The van der Waals surface area contributed by atoms with Crippen LogP contribution in [0.25, 0.3) is 0 Å². The Labute approximate surface area is 150 Å². The SMILES string of the molecule is O=C(c1ccccc1)N1CCCC2=C[C@H]3C[C@H](CN4CCCC[C@@H]34)[C@@H]21. The fourth-order valence-corrected chi connectivity index (χ4v) is 5.95. The third-order valence-electron chi connectivity index (χ3n) is 6.94. The van der Waals surface area contributed by atoms with Gasteiger partial charge < -0.3 is 4.90 Å². The second kappa shape index (κ2) is 6.28. The number of fused-ring (bicyclic) bond motifs is 6. The van der Waals surface area contributed by atoms with E-state index in [1.54, 1.807) is 5.57 Å². The molecule has 1 aliphatic carbocycles. The molecule has 4 aliphatic rings. The van der Waals surface area contributed by atoms with E-state index < -0.39 is 0 Å². The summed E-state index contributed by atoms with van der Waals surface area (Å²) >= 11 is 0. The molecule has 0 radical (unpaired) electrons. The molecule has 5 rings (SSSR count). The van der Waals surface area contributed by atoms with Gasteiger partial charge in [0.15, 0.2) is 0 Å². The predicted molar refractivity (Wildman–Crippen MR) is 99.4 cm³/mol. The van der Waals surface area contributed by atoms with E-state index in [2.05, 4.69) is 15.9 Å². The van der Waals surface area contributed by atoms with Gasteiger partial charge in [-0.15, -0.1) is 0 Å². The molecule has 25 heavy (non-hydrogen) atoms. The molecular weight excluding hydrogens is 308 g/mol. The Balaban J connectivity index is 1.46. The van der Waals surface area contributed by atoms with Crippen molar-refractivity contribution in [3.8, 4) is 0 Å². The lowest BCUT2D eigenvalue weighted by molar-refractivity contribution is 0.00148. The molecule has 3 nitrogen and oxygen atoms in total. The van der Waals surface area contributed by atoms with E-state index in [0.29, 0.717) is 12.0 Å². The summed E-state index contributed by atoms with van der Waals surface area (Å²) in [5.74, 6) is 1.60. The van der Waals surface area contributed by atoms with Crippen molar-refractivity contribution in [1.29, 1.82) is 0 Å².